The second-order valence-corrected chi connectivity index (χ2v) is 5.41. The van der Waals surface area contributed by atoms with Crippen molar-refractivity contribution >= 4 is 16.9 Å². The van der Waals surface area contributed by atoms with Crippen LogP contribution in [0.5, 0.6) is 0 Å². The highest BCUT2D eigenvalue weighted by Gasteiger charge is 2.20. The highest BCUT2D eigenvalue weighted by Crippen LogP contribution is 2.30. The summed E-state index contributed by atoms with van der Waals surface area (Å²) in [6.07, 6.45) is 4.67. The average Bonchev–Trinajstić information content (AvgIpc) is 2.96. The zero-order valence-corrected chi connectivity index (χ0v) is 11.7. The minimum Gasteiger partial charge on any atom is -0.352 e. The molecule has 4 rings (SSSR count). The molecule has 4 heteroatoms. The molecule has 21 heavy (non-hydrogen) atoms. The largest absolute Gasteiger partial charge is 0.352 e. The monoisotopic (exact) mass is 277 g/mol. The van der Waals surface area contributed by atoms with Crippen LogP contribution >= 0.6 is 0 Å². The summed E-state index contributed by atoms with van der Waals surface area (Å²) >= 11 is 0. The van der Waals surface area contributed by atoms with Gasteiger partial charge in [-0.05, 0) is 48.2 Å². The van der Waals surface area contributed by atoms with Crippen LogP contribution in [0.1, 0.15) is 21.5 Å². The van der Waals surface area contributed by atoms with E-state index in [2.05, 4.69) is 28.3 Å². The molecule has 0 saturated heterocycles. The second-order valence-electron chi connectivity index (χ2n) is 5.41. The molecule has 0 bridgehead atoms. The lowest BCUT2D eigenvalue weighted by Crippen LogP contribution is -2.32. The minimum absolute atomic E-state index is 0.0325. The zero-order valence-electron chi connectivity index (χ0n) is 11.7. The van der Waals surface area contributed by atoms with E-state index in [4.69, 9.17) is 0 Å². The third-order valence-electron chi connectivity index (χ3n) is 4.21. The van der Waals surface area contributed by atoms with Crippen molar-refractivity contribution in [3.63, 3.8) is 0 Å². The molecule has 0 unspecified atom stereocenters. The summed E-state index contributed by atoms with van der Waals surface area (Å²) in [7, 11) is 0. The molecule has 1 aromatic carbocycles. The van der Waals surface area contributed by atoms with Gasteiger partial charge < -0.3 is 10.3 Å². The van der Waals surface area contributed by atoms with Crippen LogP contribution in [0.15, 0.2) is 36.7 Å². The molecule has 1 amide bonds. The number of nitrogens with one attached hydrogen (secondary N) is 2. The lowest BCUT2D eigenvalue weighted by molar-refractivity contribution is 0.0946. The van der Waals surface area contributed by atoms with Gasteiger partial charge in [0.05, 0.1) is 0 Å². The van der Waals surface area contributed by atoms with Gasteiger partial charge in [-0.15, -0.1) is 0 Å². The highest BCUT2D eigenvalue weighted by atomic mass is 16.1. The van der Waals surface area contributed by atoms with Gasteiger partial charge in [-0.25, -0.2) is 4.98 Å². The average molecular weight is 277 g/mol. The molecule has 104 valence electrons. The molecule has 0 spiro atoms. The summed E-state index contributed by atoms with van der Waals surface area (Å²) in [5.41, 5.74) is 6.28. The zero-order chi connectivity index (χ0) is 14.4. The maximum Gasteiger partial charge on any atom is 0.251 e. The Balaban J connectivity index is 1.90. The van der Waals surface area contributed by atoms with Crippen LogP contribution in [-0.2, 0) is 6.42 Å². The maximum atomic E-state index is 11.9. The smallest absolute Gasteiger partial charge is 0.251 e. The van der Waals surface area contributed by atoms with Gasteiger partial charge in [0.1, 0.15) is 5.65 Å². The fourth-order valence-corrected chi connectivity index (χ4v) is 3.09. The van der Waals surface area contributed by atoms with Crippen molar-refractivity contribution in [3.8, 4) is 11.1 Å². The van der Waals surface area contributed by atoms with Gasteiger partial charge in [-0.3, -0.25) is 4.79 Å². The van der Waals surface area contributed by atoms with Gasteiger partial charge in [0.15, 0.2) is 0 Å². The van der Waals surface area contributed by atoms with Crippen molar-refractivity contribution < 1.29 is 4.79 Å². The van der Waals surface area contributed by atoms with Crippen molar-refractivity contribution in [1.82, 2.24) is 15.3 Å². The van der Waals surface area contributed by atoms with E-state index in [1.807, 2.05) is 30.6 Å². The van der Waals surface area contributed by atoms with Crippen LogP contribution in [0.4, 0.5) is 0 Å². The quantitative estimate of drug-likeness (QED) is 0.718. The Kier molecular flexibility index (Phi) is 2.57. The first-order chi connectivity index (χ1) is 10.2. The molecular weight excluding hydrogens is 262 g/mol. The number of amides is 1. The van der Waals surface area contributed by atoms with Crippen molar-refractivity contribution in [1.29, 1.82) is 0 Å². The van der Waals surface area contributed by atoms with Crippen molar-refractivity contribution in [2.75, 3.05) is 6.54 Å². The number of carbonyl (C=O) groups is 1. The molecule has 0 fully saturated rings. The summed E-state index contributed by atoms with van der Waals surface area (Å²) in [5, 5.41) is 3.99. The summed E-state index contributed by atoms with van der Waals surface area (Å²) in [5.74, 6) is 0.0325. The van der Waals surface area contributed by atoms with E-state index in [9.17, 15) is 4.79 Å². The summed E-state index contributed by atoms with van der Waals surface area (Å²) in [6.45, 7) is 2.80. The van der Waals surface area contributed by atoms with Gasteiger partial charge in [-0.2, -0.15) is 0 Å². The Hall–Kier alpha value is -2.62. The summed E-state index contributed by atoms with van der Waals surface area (Å²) in [4.78, 5) is 19.5. The number of hydrogen-bond donors (Lipinski definition) is 2. The molecule has 2 aromatic heterocycles. The predicted molar refractivity (Wildman–Crippen MR) is 82.3 cm³/mol. The standard InChI is InChI=1S/C17H15N3O/c1-10-13(2-3-15-14(10)5-7-19-17(15)21)12-8-11-4-6-18-16(11)20-9-12/h2-4,6,8-9H,5,7H2,1H3,(H,18,20)(H,19,21). The highest BCUT2D eigenvalue weighted by molar-refractivity contribution is 5.98. The molecule has 3 aromatic rings. The first-order valence-electron chi connectivity index (χ1n) is 7.08. The Morgan fingerprint density at radius 1 is 1.19 bits per heavy atom. The SMILES string of the molecule is Cc1c(-c2cnc3[nH]ccc3c2)ccc2c1CCNC2=O. The van der Waals surface area contributed by atoms with Crippen LogP contribution < -0.4 is 5.32 Å². The summed E-state index contributed by atoms with van der Waals surface area (Å²) in [6, 6.07) is 8.10. The van der Waals surface area contributed by atoms with E-state index < -0.39 is 0 Å². The fourth-order valence-electron chi connectivity index (χ4n) is 3.09. The Morgan fingerprint density at radius 2 is 2.05 bits per heavy atom. The number of fused-ring (bicyclic) bond motifs is 2. The van der Waals surface area contributed by atoms with Gasteiger partial charge in [0.25, 0.3) is 5.91 Å². The van der Waals surface area contributed by atoms with Gasteiger partial charge in [0.2, 0.25) is 0 Å². The number of rotatable bonds is 1. The third-order valence-corrected chi connectivity index (χ3v) is 4.21. The van der Waals surface area contributed by atoms with E-state index in [1.54, 1.807) is 0 Å². The minimum atomic E-state index is 0.0325. The van der Waals surface area contributed by atoms with Gasteiger partial charge in [-0.1, -0.05) is 6.07 Å². The normalized spacial score (nSPS) is 14.0. The molecule has 3 heterocycles. The first-order valence-corrected chi connectivity index (χ1v) is 7.08. The van der Waals surface area contributed by atoms with Crippen molar-refractivity contribution in [3.05, 3.63) is 53.3 Å². The fraction of sp³-hybridized carbons (Fsp3) is 0.176. The van der Waals surface area contributed by atoms with E-state index in [-0.39, 0.29) is 5.91 Å². The van der Waals surface area contributed by atoms with Gasteiger partial charge in [0, 0.05) is 35.5 Å². The lowest BCUT2D eigenvalue weighted by atomic mass is 9.89. The molecule has 0 saturated carbocycles. The number of aromatic nitrogens is 2. The van der Waals surface area contributed by atoms with E-state index in [1.165, 1.54) is 5.56 Å². The topological polar surface area (TPSA) is 57.8 Å². The van der Waals surface area contributed by atoms with Crippen LogP contribution in [0.3, 0.4) is 0 Å². The van der Waals surface area contributed by atoms with E-state index >= 15 is 0 Å². The van der Waals surface area contributed by atoms with Crippen LogP contribution in [0, 0.1) is 6.92 Å². The van der Waals surface area contributed by atoms with E-state index in [0.29, 0.717) is 6.54 Å². The molecule has 4 nitrogen and oxygen atoms in total. The first kappa shape index (κ1) is 12.1. The van der Waals surface area contributed by atoms with Gasteiger partial charge >= 0.3 is 0 Å². The lowest BCUT2D eigenvalue weighted by Gasteiger charge is -2.20. The van der Waals surface area contributed by atoms with Crippen molar-refractivity contribution in [2.24, 2.45) is 0 Å². The number of pyridine rings is 1. The Morgan fingerprint density at radius 3 is 2.95 bits per heavy atom. The Bertz CT molecular complexity index is 864. The third kappa shape index (κ3) is 1.83. The molecule has 1 aliphatic heterocycles. The second kappa shape index (κ2) is 4.45. The Labute approximate surface area is 122 Å². The van der Waals surface area contributed by atoms with Crippen molar-refractivity contribution in [2.45, 2.75) is 13.3 Å². The van der Waals surface area contributed by atoms with E-state index in [0.717, 1.165) is 39.7 Å². The molecule has 2 N–H and O–H groups in total. The molecule has 0 atom stereocenters. The predicted octanol–water partition coefficient (Wildman–Crippen LogP) is 2.82. The summed E-state index contributed by atoms with van der Waals surface area (Å²) < 4.78 is 0. The van der Waals surface area contributed by atoms with Crippen LogP contribution in [0.2, 0.25) is 0 Å². The molecule has 1 aliphatic rings. The number of hydrogen-bond acceptors (Lipinski definition) is 2. The number of H-pyrrole nitrogens is 1. The molecular formula is C17H15N3O. The number of carbonyl (C=O) groups excluding carboxylic acids is 1. The molecule has 0 radical (unpaired) electrons. The maximum absolute atomic E-state index is 11.9. The van der Waals surface area contributed by atoms with Crippen LogP contribution in [-0.4, -0.2) is 22.4 Å². The number of aromatic amines is 1. The molecule has 0 aliphatic carbocycles. The van der Waals surface area contributed by atoms with Crippen LogP contribution in [0.25, 0.3) is 22.2 Å². The number of nitrogens with zero attached hydrogens (tertiary/aromatic N) is 1. The number of benzene rings is 1.